The number of amides is 1. The van der Waals surface area contributed by atoms with Crippen LogP contribution in [0.15, 0.2) is 0 Å². The SMILES string of the molecule is CCN(CC1CCCCN1)C(=O)OC(C)(C)C. The normalized spacial score (nSPS) is 21.1. The predicted molar refractivity (Wildman–Crippen MR) is 69.1 cm³/mol. The van der Waals surface area contributed by atoms with Crippen molar-refractivity contribution in [2.45, 2.75) is 58.6 Å². The molecular formula is C13H26N2O2. The molecule has 100 valence electrons. The summed E-state index contributed by atoms with van der Waals surface area (Å²) in [5, 5.41) is 3.45. The van der Waals surface area contributed by atoms with Crippen LogP contribution >= 0.6 is 0 Å². The third-order valence-electron chi connectivity index (χ3n) is 2.89. The Hall–Kier alpha value is -0.770. The van der Waals surface area contributed by atoms with Gasteiger partial charge in [0.25, 0.3) is 0 Å². The molecule has 0 radical (unpaired) electrons. The van der Waals surface area contributed by atoms with Gasteiger partial charge in [-0.15, -0.1) is 0 Å². The van der Waals surface area contributed by atoms with Crippen LogP contribution in [0.1, 0.15) is 47.0 Å². The van der Waals surface area contributed by atoms with Crippen LogP contribution in [0.5, 0.6) is 0 Å². The lowest BCUT2D eigenvalue weighted by Gasteiger charge is -2.31. The summed E-state index contributed by atoms with van der Waals surface area (Å²) in [7, 11) is 0. The van der Waals surface area contributed by atoms with Gasteiger partial charge in [-0.25, -0.2) is 4.79 Å². The van der Waals surface area contributed by atoms with Gasteiger partial charge in [-0.1, -0.05) is 6.42 Å². The highest BCUT2D eigenvalue weighted by atomic mass is 16.6. The number of likely N-dealkylation sites (N-methyl/N-ethyl adjacent to an activating group) is 1. The smallest absolute Gasteiger partial charge is 0.410 e. The van der Waals surface area contributed by atoms with Gasteiger partial charge in [0, 0.05) is 19.1 Å². The number of rotatable bonds is 3. The second-order valence-corrected chi connectivity index (χ2v) is 5.67. The molecule has 1 rings (SSSR count). The molecule has 1 atom stereocenters. The number of carbonyl (C=O) groups is 1. The van der Waals surface area contributed by atoms with Crippen molar-refractivity contribution in [1.82, 2.24) is 10.2 Å². The number of nitrogens with one attached hydrogen (secondary N) is 1. The van der Waals surface area contributed by atoms with E-state index in [9.17, 15) is 4.79 Å². The second kappa shape index (κ2) is 6.24. The van der Waals surface area contributed by atoms with E-state index in [2.05, 4.69) is 5.32 Å². The van der Waals surface area contributed by atoms with E-state index in [1.165, 1.54) is 12.8 Å². The highest BCUT2D eigenvalue weighted by Gasteiger charge is 2.24. The molecule has 1 aliphatic rings. The summed E-state index contributed by atoms with van der Waals surface area (Å²) in [6, 6.07) is 0.427. The molecule has 0 aromatic heterocycles. The van der Waals surface area contributed by atoms with Crippen molar-refractivity contribution >= 4 is 6.09 Å². The highest BCUT2D eigenvalue weighted by Crippen LogP contribution is 2.12. The Morgan fingerprint density at radius 1 is 1.41 bits per heavy atom. The van der Waals surface area contributed by atoms with Crippen LogP contribution in [0.2, 0.25) is 0 Å². The maximum atomic E-state index is 11.9. The first-order valence-electron chi connectivity index (χ1n) is 6.63. The first-order chi connectivity index (χ1) is 7.92. The van der Waals surface area contributed by atoms with Gasteiger partial charge in [0.15, 0.2) is 0 Å². The molecule has 1 fully saturated rings. The minimum Gasteiger partial charge on any atom is -0.444 e. The summed E-state index contributed by atoms with van der Waals surface area (Å²) < 4.78 is 5.39. The molecule has 0 bridgehead atoms. The Morgan fingerprint density at radius 3 is 2.59 bits per heavy atom. The van der Waals surface area contributed by atoms with E-state index in [0.29, 0.717) is 12.6 Å². The number of hydrogen-bond acceptors (Lipinski definition) is 3. The van der Waals surface area contributed by atoms with Crippen molar-refractivity contribution in [2.24, 2.45) is 0 Å². The van der Waals surface area contributed by atoms with Gasteiger partial charge in [-0.2, -0.15) is 0 Å². The van der Waals surface area contributed by atoms with E-state index >= 15 is 0 Å². The Bertz CT molecular complexity index is 242. The average molecular weight is 242 g/mol. The molecule has 0 spiro atoms. The fourth-order valence-electron chi connectivity index (χ4n) is 2.01. The van der Waals surface area contributed by atoms with Crippen LogP contribution in [0, 0.1) is 0 Å². The summed E-state index contributed by atoms with van der Waals surface area (Å²) >= 11 is 0. The summed E-state index contributed by atoms with van der Waals surface area (Å²) in [4.78, 5) is 13.7. The Balaban J connectivity index is 2.43. The van der Waals surface area contributed by atoms with Crippen LogP contribution in [-0.2, 0) is 4.74 Å². The van der Waals surface area contributed by atoms with Gasteiger partial charge in [0.1, 0.15) is 5.60 Å². The van der Waals surface area contributed by atoms with Crippen molar-refractivity contribution in [3.05, 3.63) is 0 Å². The lowest BCUT2D eigenvalue weighted by molar-refractivity contribution is 0.0237. The van der Waals surface area contributed by atoms with Crippen molar-refractivity contribution < 1.29 is 9.53 Å². The van der Waals surface area contributed by atoms with Crippen LogP contribution in [0.4, 0.5) is 4.79 Å². The number of carbonyl (C=O) groups excluding carboxylic acids is 1. The minimum absolute atomic E-state index is 0.202. The molecule has 1 N–H and O–H groups in total. The summed E-state index contributed by atoms with van der Waals surface area (Å²) in [5.41, 5.74) is -0.412. The van der Waals surface area contributed by atoms with E-state index in [1.807, 2.05) is 27.7 Å². The third-order valence-corrected chi connectivity index (χ3v) is 2.89. The maximum absolute atomic E-state index is 11.9. The van der Waals surface area contributed by atoms with Crippen LogP contribution in [-0.4, -0.2) is 42.3 Å². The number of ether oxygens (including phenoxy) is 1. The van der Waals surface area contributed by atoms with E-state index in [1.54, 1.807) is 4.90 Å². The zero-order valence-corrected chi connectivity index (χ0v) is 11.6. The molecule has 0 saturated carbocycles. The quantitative estimate of drug-likeness (QED) is 0.826. The first-order valence-corrected chi connectivity index (χ1v) is 6.63. The summed E-state index contributed by atoms with van der Waals surface area (Å²) in [6.07, 6.45) is 3.45. The van der Waals surface area contributed by atoms with Gasteiger partial charge in [0.05, 0.1) is 0 Å². The third kappa shape index (κ3) is 5.39. The number of piperidine rings is 1. The molecule has 0 aromatic carbocycles. The van der Waals surface area contributed by atoms with Gasteiger partial charge in [-0.05, 0) is 47.1 Å². The van der Waals surface area contributed by atoms with Crippen molar-refractivity contribution in [1.29, 1.82) is 0 Å². The first kappa shape index (κ1) is 14.3. The Kier molecular flexibility index (Phi) is 5.25. The zero-order valence-electron chi connectivity index (χ0n) is 11.6. The van der Waals surface area contributed by atoms with Crippen molar-refractivity contribution in [3.8, 4) is 0 Å². The fraction of sp³-hybridized carbons (Fsp3) is 0.923. The molecule has 17 heavy (non-hydrogen) atoms. The van der Waals surface area contributed by atoms with Crippen LogP contribution in [0.3, 0.4) is 0 Å². The summed E-state index contributed by atoms with van der Waals surface area (Å²) in [6.45, 7) is 10.2. The molecule has 4 heteroatoms. The Labute approximate surface area is 105 Å². The van der Waals surface area contributed by atoms with Crippen molar-refractivity contribution in [3.63, 3.8) is 0 Å². The van der Waals surface area contributed by atoms with Gasteiger partial charge < -0.3 is 15.0 Å². The van der Waals surface area contributed by atoms with E-state index in [4.69, 9.17) is 4.74 Å². The van der Waals surface area contributed by atoms with Crippen molar-refractivity contribution in [2.75, 3.05) is 19.6 Å². The standard InChI is InChI=1S/C13H26N2O2/c1-5-15(12(16)17-13(2,3)4)10-11-8-6-7-9-14-11/h11,14H,5-10H2,1-4H3. The second-order valence-electron chi connectivity index (χ2n) is 5.67. The monoisotopic (exact) mass is 242 g/mol. The van der Waals surface area contributed by atoms with Crippen LogP contribution in [0.25, 0.3) is 0 Å². The lowest BCUT2D eigenvalue weighted by atomic mass is 10.0. The highest BCUT2D eigenvalue weighted by molar-refractivity contribution is 5.68. The molecule has 0 aliphatic carbocycles. The molecule has 1 heterocycles. The zero-order chi connectivity index (χ0) is 12.9. The molecular weight excluding hydrogens is 216 g/mol. The summed E-state index contributed by atoms with van der Waals surface area (Å²) in [5.74, 6) is 0. The van der Waals surface area contributed by atoms with E-state index in [0.717, 1.165) is 19.5 Å². The maximum Gasteiger partial charge on any atom is 0.410 e. The topological polar surface area (TPSA) is 41.6 Å². The molecule has 0 aromatic rings. The number of hydrogen-bond donors (Lipinski definition) is 1. The fourth-order valence-corrected chi connectivity index (χ4v) is 2.01. The molecule has 1 aliphatic heterocycles. The largest absolute Gasteiger partial charge is 0.444 e. The Morgan fingerprint density at radius 2 is 2.12 bits per heavy atom. The number of nitrogens with zero attached hydrogens (tertiary/aromatic N) is 1. The van der Waals surface area contributed by atoms with Gasteiger partial charge in [0.2, 0.25) is 0 Å². The molecule has 1 unspecified atom stereocenters. The molecule has 1 saturated heterocycles. The molecule has 4 nitrogen and oxygen atoms in total. The van der Waals surface area contributed by atoms with E-state index in [-0.39, 0.29) is 6.09 Å². The van der Waals surface area contributed by atoms with E-state index < -0.39 is 5.60 Å². The predicted octanol–water partition coefficient (Wildman–Crippen LogP) is 2.39. The molecule has 1 amide bonds. The van der Waals surface area contributed by atoms with Crippen LogP contribution < -0.4 is 5.32 Å². The lowest BCUT2D eigenvalue weighted by Crippen LogP contribution is -2.47. The van der Waals surface area contributed by atoms with Gasteiger partial charge in [-0.3, -0.25) is 0 Å². The average Bonchev–Trinajstić information content (AvgIpc) is 2.24. The minimum atomic E-state index is -0.412. The van der Waals surface area contributed by atoms with Gasteiger partial charge >= 0.3 is 6.09 Å².